The molecule has 0 atom stereocenters. The number of rotatable bonds is 6. The zero-order chi connectivity index (χ0) is 12.8. The second-order valence-electron chi connectivity index (χ2n) is 2.78. The number of hydrogen-bond donors (Lipinski definition) is 0. The highest BCUT2D eigenvalue weighted by Crippen LogP contribution is 2.27. The number of nitro groups is 1. The topological polar surface area (TPSA) is 103 Å². The average Bonchev–Trinajstić information content (AvgIpc) is 2.75. The lowest BCUT2D eigenvalue weighted by Crippen LogP contribution is -2.29. The Bertz CT molecular complexity index is 433. The van der Waals surface area contributed by atoms with Crippen molar-refractivity contribution in [2.24, 2.45) is 0 Å². The molecule has 92 valence electrons. The number of anilines is 1. The zero-order valence-corrected chi connectivity index (χ0v) is 9.68. The van der Waals surface area contributed by atoms with Crippen LogP contribution in [0.5, 0.6) is 0 Å². The van der Waals surface area contributed by atoms with Gasteiger partial charge in [0.15, 0.2) is 5.13 Å². The van der Waals surface area contributed by atoms with Crippen molar-refractivity contribution in [3.8, 4) is 0 Å². The number of carbonyl (C=O) groups is 2. The van der Waals surface area contributed by atoms with Crippen molar-refractivity contribution in [3.05, 3.63) is 16.3 Å². The van der Waals surface area contributed by atoms with Crippen LogP contribution in [0.15, 0.2) is 6.20 Å². The van der Waals surface area contributed by atoms with E-state index in [2.05, 4.69) is 9.72 Å². The molecule has 1 aromatic heterocycles. The molecule has 0 fully saturated rings. The molecule has 0 saturated carbocycles. The predicted molar refractivity (Wildman–Crippen MR) is 58.8 cm³/mol. The Kier molecular flexibility index (Phi) is 4.52. The molecule has 0 N–H and O–H groups in total. The van der Waals surface area contributed by atoms with E-state index in [-0.39, 0.29) is 23.3 Å². The smallest absolute Gasteiger partial charge is 0.345 e. The first kappa shape index (κ1) is 13.0. The SMILES string of the molecule is CCOC(=O)CN(C=O)c1ncc([N+](=O)[O-])s1. The Morgan fingerprint density at radius 1 is 1.76 bits per heavy atom. The highest BCUT2D eigenvalue weighted by Gasteiger charge is 2.18. The van der Waals surface area contributed by atoms with Crippen LogP contribution in [0.3, 0.4) is 0 Å². The van der Waals surface area contributed by atoms with E-state index in [1.807, 2.05) is 0 Å². The second-order valence-corrected chi connectivity index (χ2v) is 3.76. The van der Waals surface area contributed by atoms with Crippen molar-refractivity contribution in [2.75, 3.05) is 18.1 Å². The molecular formula is C8H9N3O5S. The molecule has 0 unspecified atom stereocenters. The van der Waals surface area contributed by atoms with Crippen molar-refractivity contribution < 1.29 is 19.2 Å². The molecule has 0 aliphatic carbocycles. The molecule has 1 rings (SSSR count). The van der Waals surface area contributed by atoms with Crippen molar-refractivity contribution in [1.82, 2.24) is 4.98 Å². The quantitative estimate of drug-likeness (QED) is 0.320. The number of esters is 1. The number of hydrogen-bond acceptors (Lipinski definition) is 7. The first-order chi connectivity index (χ1) is 8.08. The van der Waals surface area contributed by atoms with Crippen LogP contribution < -0.4 is 4.90 Å². The van der Waals surface area contributed by atoms with Crippen LogP contribution in [0.25, 0.3) is 0 Å². The molecule has 1 amide bonds. The summed E-state index contributed by atoms with van der Waals surface area (Å²) in [5, 5.41) is 10.3. The fourth-order valence-corrected chi connectivity index (χ4v) is 1.67. The van der Waals surface area contributed by atoms with Crippen LogP contribution in [-0.2, 0) is 14.3 Å². The minimum absolute atomic E-state index is 0.0831. The summed E-state index contributed by atoms with van der Waals surface area (Å²) in [7, 11) is 0. The largest absolute Gasteiger partial charge is 0.465 e. The molecule has 17 heavy (non-hydrogen) atoms. The van der Waals surface area contributed by atoms with Gasteiger partial charge in [0.2, 0.25) is 6.41 Å². The molecule has 0 aliphatic rings. The number of amides is 1. The summed E-state index contributed by atoms with van der Waals surface area (Å²) in [5.74, 6) is -0.600. The fourth-order valence-electron chi connectivity index (χ4n) is 0.970. The van der Waals surface area contributed by atoms with Crippen LogP contribution in [0.2, 0.25) is 0 Å². The van der Waals surface area contributed by atoms with Crippen LogP contribution in [0.1, 0.15) is 6.92 Å². The van der Waals surface area contributed by atoms with Gasteiger partial charge in [0.25, 0.3) is 0 Å². The Labute approximate surface area is 100.0 Å². The lowest BCUT2D eigenvalue weighted by Gasteiger charge is -2.11. The molecule has 0 radical (unpaired) electrons. The van der Waals surface area contributed by atoms with Crippen LogP contribution in [0.4, 0.5) is 10.1 Å². The minimum Gasteiger partial charge on any atom is -0.465 e. The van der Waals surface area contributed by atoms with Crippen molar-refractivity contribution in [1.29, 1.82) is 0 Å². The Morgan fingerprint density at radius 2 is 2.47 bits per heavy atom. The lowest BCUT2D eigenvalue weighted by molar-refractivity contribution is -0.380. The van der Waals surface area contributed by atoms with Crippen molar-refractivity contribution >= 4 is 33.8 Å². The van der Waals surface area contributed by atoms with E-state index in [1.54, 1.807) is 6.92 Å². The Balaban J connectivity index is 2.75. The average molecular weight is 259 g/mol. The van der Waals surface area contributed by atoms with Crippen LogP contribution in [0, 0.1) is 10.1 Å². The van der Waals surface area contributed by atoms with Gasteiger partial charge in [-0.25, -0.2) is 4.98 Å². The monoisotopic (exact) mass is 259 g/mol. The first-order valence-electron chi connectivity index (χ1n) is 4.56. The first-order valence-corrected chi connectivity index (χ1v) is 5.38. The molecule has 9 heteroatoms. The van der Waals surface area contributed by atoms with E-state index in [1.165, 1.54) is 0 Å². The number of thiazole rings is 1. The van der Waals surface area contributed by atoms with Gasteiger partial charge in [-0.2, -0.15) is 0 Å². The molecule has 1 heterocycles. The van der Waals surface area contributed by atoms with E-state index in [9.17, 15) is 19.7 Å². The maximum absolute atomic E-state index is 11.1. The Hall–Kier alpha value is -2.03. The maximum atomic E-state index is 11.1. The normalized spacial score (nSPS) is 9.71. The fraction of sp³-hybridized carbons (Fsp3) is 0.375. The number of aromatic nitrogens is 1. The van der Waals surface area contributed by atoms with E-state index >= 15 is 0 Å². The van der Waals surface area contributed by atoms with Gasteiger partial charge in [-0.15, -0.1) is 0 Å². The summed E-state index contributed by atoms with van der Waals surface area (Å²) < 4.78 is 4.65. The molecule has 8 nitrogen and oxygen atoms in total. The van der Waals surface area contributed by atoms with Crippen molar-refractivity contribution in [3.63, 3.8) is 0 Å². The van der Waals surface area contributed by atoms with Gasteiger partial charge in [-0.1, -0.05) is 0 Å². The standard InChI is InChI=1S/C8H9N3O5S/c1-2-16-7(13)4-10(5-12)8-9-3-6(17-8)11(14)15/h3,5H,2,4H2,1H3. The number of ether oxygens (including phenoxy) is 1. The third-order valence-corrected chi connectivity index (χ3v) is 2.63. The Morgan fingerprint density at radius 3 is 2.94 bits per heavy atom. The van der Waals surface area contributed by atoms with Gasteiger partial charge >= 0.3 is 11.0 Å². The van der Waals surface area contributed by atoms with E-state index in [4.69, 9.17) is 0 Å². The van der Waals surface area contributed by atoms with Gasteiger partial charge in [0.1, 0.15) is 12.7 Å². The summed E-state index contributed by atoms with van der Waals surface area (Å²) in [5.41, 5.74) is 0. The molecule has 0 aromatic carbocycles. The van der Waals surface area contributed by atoms with Crippen LogP contribution in [-0.4, -0.2) is 35.4 Å². The van der Waals surface area contributed by atoms with Gasteiger partial charge in [-0.05, 0) is 18.3 Å². The van der Waals surface area contributed by atoms with Gasteiger partial charge in [0, 0.05) is 0 Å². The predicted octanol–water partition coefficient (Wildman–Crippen LogP) is 0.577. The third-order valence-electron chi connectivity index (χ3n) is 1.64. The zero-order valence-electron chi connectivity index (χ0n) is 8.86. The highest BCUT2D eigenvalue weighted by molar-refractivity contribution is 7.18. The van der Waals surface area contributed by atoms with Crippen molar-refractivity contribution in [2.45, 2.75) is 6.92 Å². The van der Waals surface area contributed by atoms with Gasteiger partial charge in [-0.3, -0.25) is 24.6 Å². The highest BCUT2D eigenvalue weighted by atomic mass is 32.1. The molecule has 0 spiro atoms. The number of nitrogens with zero attached hydrogens (tertiary/aromatic N) is 3. The van der Waals surface area contributed by atoms with Gasteiger partial charge in [0.05, 0.1) is 11.5 Å². The molecule has 0 aliphatic heterocycles. The summed E-state index contributed by atoms with van der Waals surface area (Å²) in [4.78, 5) is 36.3. The minimum atomic E-state index is -0.617. The summed E-state index contributed by atoms with van der Waals surface area (Å²) in [6.07, 6.45) is 1.40. The molecule has 0 bridgehead atoms. The second kappa shape index (κ2) is 5.89. The molecular weight excluding hydrogens is 250 g/mol. The van der Waals surface area contributed by atoms with E-state index < -0.39 is 10.9 Å². The number of carbonyl (C=O) groups excluding carboxylic acids is 2. The summed E-state index contributed by atoms with van der Waals surface area (Å²) in [6.45, 7) is 1.52. The lowest BCUT2D eigenvalue weighted by atomic mass is 10.6. The maximum Gasteiger partial charge on any atom is 0.345 e. The summed E-state index contributed by atoms with van der Waals surface area (Å²) >= 11 is 0.710. The molecule has 1 aromatic rings. The van der Waals surface area contributed by atoms with E-state index in [0.29, 0.717) is 17.7 Å². The van der Waals surface area contributed by atoms with Crippen LogP contribution >= 0.6 is 11.3 Å². The molecule has 0 saturated heterocycles. The van der Waals surface area contributed by atoms with E-state index in [0.717, 1.165) is 11.1 Å². The summed E-state index contributed by atoms with van der Waals surface area (Å²) in [6, 6.07) is 0. The van der Waals surface area contributed by atoms with Gasteiger partial charge < -0.3 is 4.74 Å². The third kappa shape index (κ3) is 3.48.